The van der Waals surface area contributed by atoms with E-state index in [1.165, 1.54) is 4.90 Å². The van der Waals surface area contributed by atoms with E-state index < -0.39 is 0 Å². The molecule has 4 rings (SSSR count). The van der Waals surface area contributed by atoms with E-state index >= 15 is 0 Å². The first kappa shape index (κ1) is 23.7. The van der Waals surface area contributed by atoms with Crippen molar-refractivity contribution in [1.82, 2.24) is 10.2 Å². The van der Waals surface area contributed by atoms with E-state index in [-0.39, 0.29) is 11.8 Å². The highest BCUT2D eigenvalue weighted by molar-refractivity contribution is 7.80. The van der Waals surface area contributed by atoms with Crippen LogP contribution in [0.15, 0.2) is 60.7 Å². The summed E-state index contributed by atoms with van der Waals surface area (Å²) in [5.74, 6) is -0.397. The number of nitrogens with one attached hydrogen (secondary N) is 3. The Labute approximate surface area is 205 Å². The van der Waals surface area contributed by atoms with Crippen LogP contribution in [0.1, 0.15) is 53.3 Å². The third-order valence-electron chi connectivity index (χ3n) is 5.98. The van der Waals surface area contributed by atoms with Crippen molar-refractivity contribution in [3.63, 3.8) is 0 Å². The zero-order valence-electron chi connectivity index (χ0n) is 19.4. The van der Waals surface area contributed by atoms with Gasteiger partial charge >= 0.3 is 0 Å². The van der Waals surface area contributed by atoms with E-state index in [0.717, 1.165) is 47.8 Å². The standard InChI is InChI=1S/C27H30N4O2S/c1-2-3-4-8-18-31-25(32)21-13-9-12-20-23(15-14-22(24(20)21)26(31)33)28-16-17-29-27(34)30-19-10-6-5-7-11-19/h5-7,9-15,28H,2-4,8,16-18H2,1H3,(H2,29,30,34). The fourth-order valence-electron chi connectivity index (χ4n) is 4.27. The number of nitrogens with zero attached hydrogens (tertiary/aromatic N) is 1. The predicted molar refractivity (Wildman–Crippen MR) is 143 cm³/mol. The van der Waals surface area contributed by atoms with Crippen molar-refractivity contribution >= 4 is 51.3 Å². The molecule has 7 heteroatoms. The van der Waals surface area contributed by atoms with Gasteiger partial charge in [0.25, 0.3) is 11.8 Å². The van der Waals surface area contributed by atoms with Crippen LogP contribution in [0.3, 0.4) is 0 Å². The number of carbonyl (C=O) groups is 2. The number of para-hydroxylation sites is 1. The molecule has 34 heavy (non-hydrogen) atoms. The van der Waals surface area contributed by atoms with Gasteiger partial charge in [0.05, 0.1) is 0 Å². The number of carbonyl (C=O) groups excluding carboxylic acids is 2. The average Bonchev–Trinajstić information content (AvgIpc) is 2.85. The van der Waals surface area contributed by atoms with Crippen LogP contribution in [0.4, 0.5) is 11.4 Å². The molecule has 176 valence electrons. The first-order chi connectivity index (χ1) is 16.6. The lowest BCUT2D eigenvalue weighted by atomic mass is 9.93. The van der Waals surface area contributed by atoms with Gasteiger partial charge in [-0.05, 0) is 49.0 Å². The number of rotatable bonds is 10. The quantitative estimate of drug-likeness (QED) is 0.207. The van der Waals surface area contributed by atoms with Crippen LogP contribution in [0.5, 0.6) is 0 Å². The third kappa shape index (κ3) is 5.20. The summed E-state index contributed by atoms with van der Waals surface area (Å²) in [7, 11) is 0. The Morgan fingerprint density at radius 3 is 2.38 bits per heavy atom. The summed E-state index contributed by atoms with van der Waals surface area (Å²) in [6.07, 6.45) is 4.08. The van der Waals surface area contributed by atoms with Crippen LogP contribution in [-0.2, 0) is 0 Å². The molecule has 3 aromatic rings. The molecule has 1 aliphatic rings. The first-order valence-corrected chi connectivity index (χ1v) is 12.3. The van der Waals surface area contributed by atoms with Crippen LogP contribution in [0.2, 0.25) is 0 Å². The molecule has 0 radical (unpaired) electrons. The van der Waals surface area contributed by atoms with E-state index in [4.69, 9.17) is 12.2 Å². The molecule has 0 saturated carbocycles. The molecule has 0 bridgehead atoms. The lowest BCUT2D eigenvalue weighted by Crippen LogP contribution is -2.40. The zero-order chi connectivity index (χ0) is 23.9. The number of hydrogen-bond donors (Lipinski definition) is 3. The number of thiocarbonyl (C=S) groups is 1. The summed E-state index contributed by atoms with van der Waals surface area (Å²) in [5, 5.41) is 11.9. The predicted octanol–water partition coefficient (Wildman–Crippen LogP) is 5.41. The molecule has 3 N–H and O–H groups in total. The topological polar surface area (TPSA) is 73.5 Å². The van der Waals surface area contributed by atoms with Gasteiger partial charge in [0.1, 0.15) is 0 Å². The Morgan fingerprint density at radius 2 is 1.62 bits per heavy atom. The van der Waals surface area contributed by atoms with Gasteiger partial charge in [-0.2, -0.15) is 0 Å². The van der Waals surface area contributed by atoms with E-state index in [1.807, 2.05) is 60.7 Å². The summed E-state index contributed by atoms with van der Waals surface area (Å²) < 4.78 is 0. The van der Waals surface area contributed by atoms with E-state index in [2.05, 4.69) is 22.9 Å². The second-order valence-corrected chi connectivity index (χ2v) is 8.79. The highest BCUT2D eigenvalue weighted by atomic mass is 32.1. The molecule has 0 fully saturated rings. The number of hydrogen-bond acceptors (Lipinski definition) is 4. The summed E-state index contributed by atoms with van der Waals surface area (Å²) >= 11 is 5.35. The third-order valence-corrected chi connectivity index (χ3v) is 6.23. The van der Waals surface area contributed by atoms with Gasteiger partial charge in [-0.1, -0.05) is 56.5 Å². The average molecular weight is 475 g/mol. The lowest BCUT2D eigenvalue weighted by molar-refractivity contribution is 0.0608. The van der Waals surface area contributed by atoms with Gasteiger partial charge in [0, 0.05) is 52.9 Å². The Balaban J connectivity index is 1.42. The molecule has 0 unspecified atom stereocenters. The van der Waals surface area contributed by atoms with Crippen LogP contribution >= 0.6 is 12.2 Å². The second-order valence-electron chi connectivity index (χ2n) is 8.39. The maximum absolute atomic E-state index is 13.1. The minimum atomic E-state index is -0.198. The number of unbranched alkanes of at least 4 members (excludes halogenated alkanes) is 3. The molecule has 2 amide bonds. The Hall–Kier alpha value is -3.45. The van der Waals surface area contributed by atoms with Crippen LogP contribution in [0, 0.1) is 0 Å². The number of benzene rings is 3. The number of anilines is 2. The van der Waals surface area contributed by atoms with E-state index in [0.29, 0.717) is 35.9 Å². The second kappa shape index (κ2) is 11.1. The van der Waals surface area contributed by atoms with Crippen molar-refractivity contribution in [2.45, 2.75) is 32.6 Å². The highest BCUT2D eigenvalue weighted by Gasteiger charge is 2.32. The van der Waals surface area contributed by atoms with Crippen molar-refractivity contribution in [3.8, 4) is 0 Å². The SMILES string of the molecule is CCCCCCN1C(=O)c2cccc3c(NCCNC(=S)Nc4ccccc4)ccc(c23)C1=O. The molecule has 1 heterocycles. The molecular weight excluding hydrogens is 444 g/mol. The van der Waals surface area contributed by atoms with Gasteiger partial charge in [-0.25, -0.2) is 0 Å². The number of imide groups is 1. The van der Waals surface area contributed by atoms with Gasteiger partial charge in [0.15, 0.2) is 5.11 Å². The van der Waals surface area contributed by atoms with Crippen LogP contribution in [-0.4, -0.2) is 41.5 Å². The highest BCUT2D eigenvalue weighted by Crippen LogP contribution is 2.34. The van der Waals surface area contributed by atoms with Gasteiger partial charge < -0.3 is 16.0 Å². The minimum absolute atomic E-state index is 0.198. The summed E-state index contributed by atoms with van der Waals surface area (Å²) in [6.45, 7) is 3.85. The minimum Gasteiger partial charge on any atom is -0.383 e. The molecule has 0 spiro atoms. The molecule has 0 aliphatic carbocycles. The van der Waals surface area contributed by atoms with Gasteiger partial charge in [-0.15, -0.1) is 0 Å². The van der Waals surface area contributed by atoms with Crippen molar-refractivity contribution in [3.05, 3.63) is 71.8 Å². The van der Waals surface area contributed by atoms with Gasteiger partial charge in [-0.3, -0.25) is 14.5 Å². The zero-order valence-corrected chi connectivity index (χ0v) is 20.2. The molecule has 1 aliphatic heterocycles. The van der Waals surface area contributed by atoms with E-state index in [9.17, 15) is 9.59 Å². The van der Waals surface area contributed by atoms with Crippen molar-refractivity contribution < 1.29 is 9.59 Å². The maximum Gasteiger partial charge on any atom is 0.261 e. The fraction of sp³-hybridized carbons (Fsp3) is 0.296. The molecule has 6 nitrogen and oxygen atoms in total. The fourth-order valence-corrected chi connectivity index (χ4v) is 4.49. The van der Waals surface area contributed by atoms with Crippen LogP contribution < -0.4 is 16.0 Å². The number of amides is 2. The Kier molecular flexibility index (Phi) is 7.75. The van der Waals surface area contributed by atoms with Crippen LogP contribution in [0.25, 0.3) is 10.8 Å². The van der Waals surface area contributed by atoms with Crippen molar-refractivity contribution in [2.24, 2.45) is 0 Å². The monoisotopic (exact) mass is 474 g/mol. The molecule has 0 saturated heterocycles. The Morgan fingerprint density at radius 1 is 0.853 bits per heavy atom. The summed E-state index contributed by atoms with van der Waals surface area (Å²) in [6, 6.07) is 19.2. The molecule has 0 aromatic heterocycles. The normalized spacial score (nSPS) is 12.7. The van der Waals surface area contributed by atoms with E-state index in [1.54, 1.807) is 0 Å². The van der Waals surface area contributed by atoms with Gasteiger partial charge in [0.2, 0.25) is 0 Å². The summed E-state index contributed by atoms with van der Waals surface area (Å²) in [4.78, 5) is 27.7. The largest absolute Gasteiger partial charge is 0.383 e. The summed E-state index contributed by atoms with van der Waals surface area (Å²) in [5.41, 5.74) is 3.02. The molecule has 0 atom stereocenters. The lowest BCUT2D eigenvalue weighted by Gasteiger charge is -2.28. The van der Waals surface area contributed by atoms with Crippen molar-refractivity contribution in [1.29, 1.82) is 0 Å². The maximum atomic E-state index is 13.1. The smallest absolute Gasteiger partial charge is 0.261 e. The first-order valence-electron chi connectivity index (χ1n) is 11.9. The Bertz CT molecular complexity index is 1170. The van der Waals surface area contributed by atoms with Crippen molar-refractivity contribution in [2.75, 3.05) is 30.3 Å². The molecule has 3 aromatic carbocycles. The molecular formula is C27H30N4O2S.